The van der Waals surface area contributed by atoms with Crippen molar-refractivity contribution < 1.29 is 9.21 Å². The Kier molecular flexibility index (Phi) is 3.34. The molecule has 3 aliphatic rings. The van der Waals surface area contributed by atoms with Crippen LogP contribution in [-0.2, 0) is 19.4 Å². The number of carbonyl (C=O) groups is 1. The molecular weight excluding hydrogens is 320 g/mol. The average Bonchev–Trinajstić information content (AvgIpc) is 3.29. The van der Waals surface area contributed by atoms with E-state index in [1.54, 1.807) is 16.0 Å². The summed E-state index contributed by atoms with van der Waals surface area (Å²) in [5.41, 5.74) is 2.04. The number of anilines is 1. The Morgan fingerprint density at radius 3 is 2.92 bits per heavy atom. The number of aromatic nitrogens is 3. The Bertz CT molecular complexity index is 784. The molecule has 0 radical (unpaired) electrons. The van der Waals surface area contributed by atoms with Crippen molar-refractivity contribution >= 4 is 11.7 Å². The molecule has 0 unspecified atom stereocenters. The van der Waals surface area contributed by atoms with Crippen LogP contribution >= 0.6 is 0 Å². The first-order chi connectivity index (χ1) is 12.2. The molecule has 2 aliphatic heterocycles. The molecule has 2 saturated heterocycles. The summed E-state index contributed by atoms with van der Waals surface area (Å²) >= 11 is 0. The zero-order valence-corrected chi connectivity index (χ0v) is 14.4. The molecule has 1 aliphatic carbocycles. The molecule has 4 heterocycles. The molecule has 2 aromatic rings. The SMILES string of the molecule is CN1CCN(c2cnn(C3CN(Cc4nc5c(o4)CCC5)C3)c2)C1=O. The van der Waals surface area contributed by atoms with E-state index < -0.39 is 0 Å². The van der Waals surface area contributed by atoms with Crippen molar-refractivity contribution in [3.63, 3.8) is 0 Å². The second kappa shape index (κ2) is 5.59. The summed E-state index contributed by atoms with van der Waals surface area (Å²) in [6.45, 7) is 4.13. The summed E-state index contributed by atoms with van der Waals surface area (Å²) in [6.07, 6.45) is 7.04. The standard InChI is InChI=1S/C17H22N6O2/c1-20-5-6-22(17(20)24)12-7-18-23(10-12)13-8-21(9-13)11-16-19-14-3-2-4-15(14)25-16/h7,10,13H,2-6,8-9,11H2,1H3. The Hall–Kier alpha value is -2.35. The van der Waals surface area contributed by atoms with Crippen LogP contribution in [0.3, 0.4) is 0 Å². The molecule has 2 fully saturated rings. The van der Waals surface area contributed by atoms with Gasteiger partial charge in [0.1, 0.15) is 5.76 Å². The summed E-state index contributed by atoms with van der Waals surface area (Å²) in [6, 6.07) is 0.401. The first kappa shape index (κ1) is 14.9. The number of aryl methyl sites for hydroxylation is 2. The molecule has 25 heavy (non-hydrogen) atoms. The Balaban J connectivity index is 1.19. The van der Waals surface area contributed by atoms with E-state index in [1.807, 2.05) is 17.9 Å². The fraction of sp³-hybridized carbons (Fsp3) is 0.588. The van der Waals surface area contributed by atoms with Crippen LogP contribution in [0.1, 0.15) is 29.8 Å². The molecule has 2 amide bonds. The van der Waals surface area contributed by atoms with Crippen LogP contribution in [0.5, 0.6) is 0 Å². The zero-order chi connectivity index (χ0) is 17.0. The fourth-order valence-electron chi connectivity index (χ4n) is 3.90. The topological polar surface area (TPSA) is 70.6 Å². The molecule has 0 aromatic carbocycles. The van der Waals surface area contributed by atoms with Gasteiger partial charge in [0.15, 0.2) is 0 Å². The van der Waals surface area contributed by atoms with Crippen LogP contribution in [0.25, 0.3) is 0 Å². The van der Waals surface area contributed by atoms with E-state index in [0.29, 0.717) is 6.04 Å². The predicted molar refractivity (Wildman–Crippen MR) is 90.4 cm³/mol. The lowest BCUT2D eigenvalue weighted by atomic mass is 10.1. The second-order valence-corrected chi connectivity index (χ2v) is 7.21. The molecule has 0 N–H and O–H groups in total. The van der Waals surface area contributed by atoms with E-state index in [-0.39, 0.29) is 6.03 Å². The first-order valence-corrected chi connectivity index (χ1v) is 8.94. The van der Waals surface area contributed by atoms with Crippen molar-refractivity contribution in [3.8, 4) is 0 Å². The highest BCUT2D eigenvalue weighted by Crippen LogP contribution is 2.28. The molecule has 0 atom stereocenters. The van der Waals surface area contributed by atoms with Crippen LogP contribution in [0.15, 0.2) is 16.8 Å². The van der Waals surface area contributed by atoms with Gasteiger partial charge >= 0.3 is 6.03 Å². The van der Waals surface area contributed by atoms with Crippen LogP contribution < -0.4 is 4.90 Å². The van der Waals surface area contributed by atoms with Crippen molar-refractivity contribution in [2.45, 2.75) is 31.8 Å². The van der Waals surface area contributed by atoms with Gasteiger partial charge in [-0.25, -0.2) is 9.78 Å². The number of rotatable bonds is 4. The van der Waals surface area contributed by atoms with E-state index in [1.165, 1.54) is 6.42 Å². The lowest BCUT2D eigenvalue weighted by Gasteiger charge is -2.38. The number of likely N-dealkylation sites (tertiary alicyclic amines) is 1. The van der Waals surface area contributed by atoms with Gasteiger partial charge in [-0.3, -0.25) is 14.5 Å². The molecule has 132 valence electrons. The maximum atomic E-state index is 12.1. The number of oxazole rings is 1. The van der Waals surface area contributed by atoms with E-state index in [0.717, 1.165) is 68.6 Å². The molecule has 2 aromatic heterocycles. The lowest BCUT2D eigenvalue weighted by Crippen LogP contribution is -2.47. The highest BCUT2D eigenvalue weighted by atomic mass is 16.4. The van der Waals surface area contributed by atoms with Crippen LogP contribution in [0.2, 0.25) is 0 Å². The predicted octanol–water partition coefficient (Wildman–Crippen LogP) is 1.29. The van der Waals surface area contributed by atoms with E-state index >= 15 is 0 Å². The molecule has 0 spiro atoms. The quantitative estimate of drug-likeness (QED) is 0.837. The van der Waals surface area contributed by atoms with Gasteiger partial charge in [-0.15, -0.1) is 0 Å². The van der Waals surface area contributed by atoms with Gasteiger partial charge in [-0.1, -0.05) is 0 Å². The third-order valence-corrected chi connectivity index (χ3v) is 5.43. The number of nitrogens with zero attached hydrogens (tertiary/aromatic N) is 6. The number of hydrogen-bond donors (Lipinski definition) is 0. The summed E-state index contributed by atoms with van der Waals surface area (Å²) < 4.78 is 7.82. The smallest absolute Gasteiger partial charge is 0.324 e. The number of hydrogen-bond acceptors (Lipinski definition) is 5. The van der Waals surface area contributed by atoms with E-state index in [2.05, 4.69) is 15.0 Å². The van der Waals surface area contributed by atoms with Crippen molar-refractivity contribution in [2.24, 2.45) is 0 Å². The van der Waals surface area contributed by atoms with Crippen LogP contribution in [0.4, 0.5) is 10.5 Å². The maximum absolute atomic E-state index is 12.1. The summed E-state index contributed by atoms with van der Waals surface area (Å²) in [5, 5.41) is 4.46. The van der Waals surface area contributed by atoms with Gasteiger partial charge in [-0.2, -0.15) is 5.10 Å². The highest BCUT2D eigenvalue weighted by Gasteiger charge is 2.32. The number of likely N-dealkylation sites (N-methyl/N-ethyl adjacent to an activating group) is 1. The van der Waals surface area contributed by atoms with Gasteiger partial charge in [0.2, 0.25) is 5.89 Å². The molecule has 8 nitrogen and oxygen atoms in total. The summed E-state index contributed by atoms with van der Waals surface area (Å²) in [7, 11) is 1.83. The Labute approximate surface area is 146 Å². The fourth-order valence-corrected chi connectivity index (χ4v) is 3.90. The van der Waals surface area contributed by atoms with Gasteiger partial charge in [0.05, 0.1) is 30.2 Å². The molecule has 5 rings (SSSR count). The number of amides is 2. The van der Waals surface area contributed by atoms with Crippen molar-refractivity contribution in [1.82, 2.24) is 24.6 Å². The van der Waals surface area contributed by atoms with Gasteiger partial charge < -0.3 is 9.32 Å². The summed E-state index contributed by atoms with van der Waals surface area (Å²) in [4.78, 5) is 22.5. The minimum absolute atomic E-state index is 0.0479. The van der Waals surface area contributed by atoms with Crippen molar-refractivity contribution in [2.75, 3.05) is 38.1 Å². The molecular formula is C17H22N6O2. The van der Waals surface area contributed by atoms with E-state index in [4.69, 9.17) is 4.42 Å². The van der Waals surface area contributed by atoms with Gasteiger partial charge in [-0.05, 0) is 12.8 Å². The average molecular weight is 342 g/mol. The second-order valence-electron chi connectivity index (χ2n) is 7.21. The van der Waals surface area contributed by atoms with Crippen molar-refractivity contribution in [3.05, 3.63) is 29.7 Å². The third-order valence-electron chi connectivity index (χ3n) is 5.43. The van der Waals surface area contributed by atoms with E-state index in [9.17, 15) is 4.79 Å². The maximum Gasteiger partial charge on any atom is 0.324 e. The Morgan fingerprint density at radius 2 is 2.16 bits per heavy atom. The zero-order valence-electron chi connectivity index (χ0n) is 14.4. The third kappa shape index (κ3) is 2.52. The highest BCUT2D eigenvalue weighted by molar-refractivity contribution is 5.93. The minimum atomic E-state index is 0.0479. The molecule has 0 saturated carbocycles. The molecule has 8 heteroatoms. The van der Waals surface area contributed by atoms with Crippen LogP contribution in [-0.4, -0.2) is 63.8 Å². The van der Waals surface area contributed by atoms with Crippen molar-refractivity contribution in [1.29, 1.82) is 0 Å². The number of carbonyl (C=O) groups excluding carboxylic acids is 1. The lowest BCUT2D eigenvalue weighted by molar-refractivity contribution is 0.0810. The largest absolute Gasteiger partial charge is 0.444 e. The van der Waals surface area contributed by atoms with Gasteiger partial charge in [0.25, 0.3) is 0 Å². The normalized spacial score (nSPS) is 21.2. The van der Waals surface area contributed by atoms with Gasteiger partial charge in [0, 0.05) is 45.8 Å². The number of urea groups is 1. The Morgan fingerprint density at radius 1 is 1.28 bits per heavy atom. The summed E-state index contributed by atoms with van der Waals surface area (Å²) in [5.74, 6) is 1.93. The molecule has 0 bridgehead atoms. The first-order valence-electron chi connectivity index (χ1n) is 8.94. The number of fused-ring (bicyclic) bond motifs is 1. The monoisotopic (exact) mass is 342 g/mol. The minimum Gasteiger partial charge on any atom is -0.444 e. The van der Waals surface area contributed by atoms with Crippen LogP contribution in [0, 0.1) is 0 Å².